The first-order chi connectivity index (χ1) is 17.1. The number of piperidine rings is 1. The molecule has 0 aromatic heterocycles. The van der Waals surface area contributed by atoms with Crippen molar-refractivity contribution in [1.82, 2.24) is 4.90 Å². The Bertz CT molecular complexity index is 1450. The average Bonchev–Trinajstić information content (AvgIpc) is 2.91. The van der Waals surface area contributed by atoms with Crippen LogP contribution in [-0.4, -0.2) is 38.2 Å². The number of likely N-dealkylation sites (tertiary alicyclic amines) is 1. The van der Waals surface area contributed by atoms with E-state index in [0.29, 0.717) is 30.5 Å². The van der Waals surface area contributed by atoms with Crippen LogP contribution in [-0.2, 0) is 16.4 Å². The zero-order valence-electron chi connectivity index (χ0n) is 20.8. The minimum atomic E-state index is -3.98. The van der Waals surface area contributed by atoms with Gasteiger partial charge < -0.3 is 9.80 Å². The van der Waals surface area contributed by atoms with Gasteiger partial charge in [0.2, 0.25) is 9.84 Å². The lowest BCUT2D eigenvalue weighted by Crippen LogP contribution is -2.42. The summed E-state index contributed by atoms with van der Waals surface area (Å²) in [4.78, 5) is 30.7. The molecule has 2 aliphatic rings. The topological polar surface area (TPSA) is 74.8 Å². The van der Waals surface area contributed by atoms with Crippen LogP contribution >= 0.6 is 0 Å². The van der Waals surface area contributed by atoms with Crippen molar-refractivity contribution < 1.29 is 18.0 Å². The van der Waals surface area contributed by atoms with Gasteiger partial charge >= 0.3 is 0 Å². The van der Waals surface area contributed by atoms with Gasteiger partial charge in [-0.1, -0.05) is 55.8 Å². The number of rotatable bonds is 3. The van der Waals surface area contributed by atoms with Crippen LogP contribution in [0.15, 0.2) is 76.5 Å². The average molecular weight is 503 g/mol. The minimum absolute atomic E-state index is 0.0132. The van der Waals surface area contributed by atoms with Crippen LogP contribution in [0.25, 0.3) is 0 Å². The number of anilines is 1. The molecule has 3 aromatic rings. The predicted octanol–water partition coefficient (Wildman–Crippen LogP) is 5.11. The van der Waals surface area contributed by atoms with Gasteiger partial charge in [0.15, 0.2) is 0 Å². The smallest absolute Gasteiger partial charge is 0.259 e. The second-order valence-electron chi connectivity index (χ2n) is 10.2. The third-order valence-corrected chi connectivity index (χ3v) is 8.88. The highest BCUT2D eigenvalue weighted by molar-refractivity contribution is 7.91. The molecule has 0 unspecified atom stereocenters. The van der Waals surface area contributed by atoms with Crippen LogP contribution < -0.4 is 4.90 Å². The second kappa shape index (κ2) is 9.21. The Morgan fingerprint density at radius 1 is 0.917 bits per heavy atom. The van der Waals surface area contributed by atoms with Crippen molar-refractivity contribution >= 4 is 27.3 Å². The van der Waals surface area contributed by atoms with E-state index in [1.54, 1.807) is 30.3 Å². The first-order valence-corrected chi connectivity index (χ1v) is 13.8. The Labute approximate surface area is 212 Å². The number of carbonyl (C=O) groups excluding carboxylic acids is 2. The first kappa shape index (κ1) is 24.3. The van der Waals surface area contributed by atoms with E-state index in [4.69, 9.17) is 0 Å². The molecular formula is C29H30N2O4S. The van der Waals surface area contributed by atoms with Gasteiger partial charge in [0.1, 0.15) is 0 Å². The molecule has 3 aromatic carbocycles. The molecule has 0 spiro atoms. The summed E-state index contributed by atoms with van der Waals surface area (Å²) in [5, 5.41) is 0. The van der Waals surface area contributed by atoms with Crippen LogP contribution in [0.3, 0.4) is 0 Å². The Balaban J connectivity index is 1.65. The standard InChI is InChI=1S/C29H30N2O4S/c1-19-7-6-8-22(14-19)18-31-25-15-23(28(32)30-16-20(2)13-21(3)17-30)11-12-27(25)36(34,35)26-10-5-4-9-24(26)29(31)33/h4-12,14-15,20-21H,13,16-18H2,1-3H3/t20-,21-/m0/s1. The zero-order valence-corrected chi connectivity index (χ0v) is 21.6. The lowest BCUT2D eigenvalue weighted by atomic mass is 9.91. The minimum Gasteiger partial charge on any atom is -0.338 e. The number of carbonyl (C=O) groups is 2. The van der Waals surface area contributed by atoms with Crippen LogP contribution in [0.2, 0.25) is 0 Å². The van der Waals surface area contributed by atoms with Crippen molar-refractivity contribution in [2.45, 2.75) is 43.5 Å². The maximum atomic E-state index is 13.8. The number of hydrogen-bond donors (Lipinski definition) is 0. The van der Waals surface area contributed by atoms with Crippen molar-refractivity contribution in [2.24, 2.45) is 11.8 Å². The summed E-state index contributed by atoms with van der Waals surface area (Å²) >= 11 is 0. The molecule has 6 nitrogen and oxygen atoms in total. The summed E-state index contributed by atoms with van der Waals surface area (Å²) in [5.74, 6) is 0.248. The monoisotopic (exact) mass is 502 g/mol. The van der Waals surface area contributed by atoms with E-state index in [2.05, 4.69) is 13.8 Å². The number of sulfone groups is 1. The first-order valence-electron chi connectivity index (χ1n) is 12.3. The number of benzene rings is 3. The van der Waals surface area contributed by atoms with E-state index in [0.717, 1.165) is 17.5 Å². The Kier molecular flexibility index (Phi) is 6.20. The van der Waals surface area contributed by atoms with Gasteiger partial charge in [-0.3, -0.25) is 9.59 Å². The van der Waals surface area contributed by atoms with Crippen LogP contribution in [0.5, 0.6) is 0 Å². The van der Waals surface area contributed by atoms with E-state index >= 15 is 0 Å². The molecule has 0 N–H and O–H groups in total. The number of fused-ring (bicyclic) bond motifs is 2. The SMILES string of the molecule is Cc1cccc(CN2C(=O)c3ccccc3S(=O)(=O)c3ccc(C(=O)N4C[C@@H](C)C[C@H](C)C4)cc32)c1. The van der Waals surface area contributed by atoms with E-state index in [1.807, 2.05) is 36.1 Å². The Morgan fingerprint density at radius 2 is 1.64 bits per heavy atom. The van der Waals surface area contributed by atoms with Gasteiger partial charge in [0, 0.05) is 18.7 Å². The van der Waals surface area contributed by atoms with Crippen LogP contribution in [0, 0.1) is 18.8 Å². The number of amides is 2. The normalized spacial score (nSPS) is 20.9. The van der Waals surface area contributed by atoms with Crippen molar-refractivity contribution in [3.63, 3.8) is 0 Å². The summed E-state index contributed by atoms with van der Waals surface area (Å²) in [6.07, 6.45) is 1.07. The molecule has 2 atom stereocenters. The highest BCUT2D eigenvalue weighted by Gasteiger charge is 2.36. The molecule has 2 aliphatic heterocycles. The second-order valence-corrected chi connectivity index (χ2v) is 12.1. The van der Waals surface area contributed by atoms with E-state index in [9.17, 15) is 18.0 Å². The molecule has 0 radical (unpaired) electrons. The Morgan fingerprint density at radius 3 is 2.36 bits per heavy atom. The molecule has 1 fully saturated rings. The third kappa shape index (κ3) is 4.32. The third-order valence-electron chi connectivity index (χ3n) is 7.02. The predicted molar refractivity (Wildman–Crippen MR) is 139 cm³/mol. The lowest BCUT2D eigenvalue weighted by Gasteiger charge is -2.35. The molecule has 186 valence electrons. The molecule has 0 saturated carbocycles. The number of aryl methyl sites for hydroxylation is 1. The van der Waals surface area contributed by atoms with Crippen molar-refractivity contribution in [3.8, 4) is 0 Å². The summed E-state index contributed by atoms with van der Waals surface area (Å²) in [7, 11) is -3.98. The van der Waals surface area contributed by atoms with Gasteiger partial charge in [-0.05, 0) is 61.1 Å². The fourth-order valence-corrected chi connectivity index (χ4v) is 7.13. The van der Waals surface area contributed by atoms with Gasteiger partial charge in [0.05, 0.1) is 27.6 Å². The molecule has 36 heavy (non-hydrogen) atoms. The summed E-state index contributed by atoms with van der Waals surface area (Å²) in [5.41, 5.74) is 2.68. The van der Waals surface area contributed by atoms with Gasteiger partial charge in [-0.25, -0.2) is 8.42 Å². The molecular weight excluding hydrogens is 472 g/mol. The quantitative estimate of drug-likeness (QED) is 0.499. The van der Waals surface area contributed by atoms with Gasteiger partial charge in [-0.2, -0.15) is 0 Å². The van der Waals surface area contributed by atoms with Gasteiger partial charge in [-0.15, -0.1) is 0 Å². The molecule has 2 amide bonds. The van der Waals surface area contributed by atoms with E-state index in [-0.39, 0.29) is 33.5 Å². The lowest BCUT2D eigenvalue weighted by molar-refractivity contribution is 0.0623. The van der Waals surface area contributed by atoms with Crippen LogP contribution in [0.4, 0.5) is 5.69 Å². The molecule has 1 saturated heterocycles. The summed E-state index contributed by atoms with van der Waals surface area (Å²) in [6, 6.07) is 18.7. The largest absolute Gasteiger partial charge is 0.338 e. The number of nitrogens with zero attached hydrogens (tertiary/aromatic N) is 2. The summed E-state index contributed by atoms with van der Waals surface area (Å²) in [6.45, 7) is 7.76. The fraction of sp³-hybridized carbons (Fsp3) is 0.310. The van der Waals surface area contributed by atoms with Crippen molar-refractivity contribution in [2.75, 3.05) is 18.0 Å². The molecule has 0 bridgehead atoms. The maximum absolute atomic E-state index is 13.8. The summed E-state index contributed by atoms with van der Waals surface area (Å²) < 4.78 is 27.4. The molecule has 5 rings (SSSR count). The molecule has 0 aliphatic carbocycles. The van der Waals surface area contributed by atoms with Crippen LogP contribution in [0.1, 0.15) is 52.1 Å². The highest BCUT2D eigenvalue weighted by atomic mass is 32.2. The van der Waals surface area contributed by atoms with E-state index in [1.165, 1.54) is 17.0 Å². The van der Waals surface area contributed by atoms with E-state index < -0.39 is 15.7 Å². The van der Waals surface area contributed by atoms with Crippen molar-refractivity contribution in [3.05, 3.63) is 89.0 Å². The number of hydrogen-bond acceptors (Lipinski definition) is 4. The molecule has 7 heteroatoms. The van der Waals surface area contributed by atoms with Gasteiger partial charge in [0.25, 0.3) is 11.8 Å². The maximum Gasteiger partial charge on any atom is 0.259 e. The fourth-order valence-electron chi connectivity index (χ4n) is 5.50. The highest BCUT2D eigenvalue weighted by Crippen LogP contribution is 2.38. The van der Waals surface area contributed by atoms with Crippen molar-refractivity contribution in [1.29, 1.82) is 0 Å². The Hall–Kier alpha value is -3.45. The zero-order chi connectivity index (χ0) is 25.6. The molecule has 2 heterocycles.